The first kappa shape index (κ1) is 18.5. The second-order valence-electron chi connectivity index (χ2n) is 5.91. The van der Waals surface area contributed by atoms with Crippen LogP contribution in [0, 0.1) is 0 Å². The lowest BCUT2D eigenvalue weighted by atomic mass is 10.1. The average Bonchev–Trinajstić information content (AvgIpc) is 3.16. The van der Waals surface area contributed by atoms with Crippen LogP contribution in [-0.2, 0) is 0 Å². The molecule has 4 rings (SSSR count). The van der Waals surface area contributed by atoms with Gasteiger partial charge in [-0.1, -0.05) is 23.4 Å². The maximum atomic E-state index is 12.4. The summed E-state index contributed by atoms with van der Waals surface area (Å²) in [7, 11) is 1.62. The zero-order valence-electron chi connectivity index (χ0n) is 14.9. The van der Waals surface area contributed by atoms with E-state index in [2.05, 4.69) is 15.3 Å². The second-order valence-corrected chi connectivity index (χ2v) is 7.34. The summed E-state index contributed by atoms with van der Waals surface area (Å²) in [5.74, 6) is 1.69. The summed E-state index contributed by atoms with van der Waals surface area (Å²) < 4.78 is 6.87. The van der Waals surface area contributed by atoms with Gasteiger partial charge in [-0.15, -0.1) is 10.2 Å². The van der Waals surface area contributed by atoms with Crippen LogP contribution in [-0.4, -0.2) is 38.5 Å². The van der Waals surface area contributed by atoms with Gasteiger partial charge < -0.3 is 4.74 Å². The molecule has 0 amide bonds. The van der Waals surface area contributed by atoms with Crippen molar-refractivity contribution in [1.82, 2.24) is 19.8 Å². The van der Waals surface area contributed by atoms with E-state index in [0.717, 1.165) is 11.3 Å². The van der Waals surface area contributed by atoms with Gasteiger partial charge in [-0.05, 0) is 60.7 Å². The van der Waals surface area contributed by atoms with Crippen LogP contribution in [0.15, 0.2) is 65.7 Å². The highest BCUT2D eigenvalue weighted by molar-refractivity contribution is 7.99. The van der Waals surface area contributed by atoms with Gasteiger partial charge in [-0.2, -0.15) is 9.61 Å². The molecule has 0 spiro atoms. The van der Waals surface area contributed by atoms with Crippen LogP contribution in [0.25, 0.3) is 17.0 Å². The van der Waals surface area contributed by atoms with Gasteiger partial charge in [0, 0.05) is 16.1 Å². The van der Waals surface area contributed by atoms with Gasteiger partial charge in [0.15, 0.2) is 17.3 Å². The third-order valence-corrected chi connectivity index (χ3v) is 5.28. The third kappa shape index (κ3) is 3.85. The van der Waals surface area contributed by atoms with Crippen molar-refractivity contribution in [3.05, 3.63) is 71.2 Å². The number of nitrogens with zero attached hydrogens (tertiary/aromatic N) is 4. The van der Waals surface area contributed by atoms with E-state index in [4.69, 9.17) is 16.3 Å². The third-order valence-electron chi connectivity index (χ3n) is 4.10. The van der Waals surface area contributed by atoms with Gasteiger partial charge in [-0.25, -0.2) is 0 Å². The molecule has 0 fully saturated rings. The Morgan fingerprint density at radius 2 is 1.79 bits per heavy atom. The Kier molecular flexibility index (Phi) is 5.27. The van der Waals surface area contributed by atoms with E-state index in [9.17, 15) is 4.79 Å². The van der Waals surface area contributed by atoms with E-state index in [1.54, 1.807) is 35.9 Å². The number of Topliss-reactive ketones (excluding diaryl/α,β-unsaturated/α-hetero) is 1. The maximum Gasteiger partial charge on any atom is 0.185 e. The van der Waals surface area contributed by atoms with Crippen molar-refractivity contribution in [3.8, 4) is 17.1 Å². The minimum atomic E-state index is 0.0164. The highest BCUT2D eigenvalue weighted by Gasteiger charge is 2.12. The number of methoxy groups -OCH3 is 1. The topological polar surface area (TPSA) is 69.4 Å². The molecule has 0 atom stereocenters. The van der Waals surface area contributed by atoms with Crippen LogP contribution in [0.3, 0.4) is 0 Å². The van der Waals surface area contributed by atoms with Crippen molar-refractivity contribution >= 4 is 34.8 Å². The predicted octanol–water partition coefficient (Wildman–Crippen LogP) is 4.43. The number of carbonyl (C=O) groups is 1. The van der Waals surface area contributed by atoms with Gasteiger partial charge in [-0.3, -0.25) is 4.79 Å². The molecular weight excluding hydrogens is 396 g/mol. The summed E-state index contributed by atoms with van der Waals surface area (Å²) in [4.78, 5) is 12.4. The van der Waals surface area contributed by atoms with Crippen LogP contribution in [0.2, 0.25) is 5.02 Å². The van der Waals surface area contributed by atoms with E-state index in [-0.39, 0.29) is 11.5 Å². The standard InChI is InChI=1S/C20H15ClN4O2S/c1-27-16-8-4-14(5-9-16)20-23-22-18-10-11-19(24-25(18)20)28-12-17(26)13-2-6-15(21)7-3-13/h2-11H,12H2,1H3. The number of aromatic nitrogens is 4. The molecule has 0 aliphatic heterocycles. The molecule has 0 saturated carbocycles. The zero-order chi connectivity index (χ0) is 19.5. The number of ketones is 1. The minimum absolute atomic E-state index is 0.0164. The number of thioether (sulfide) groups is 1. The average molecular weight is 411 g/mol. The smallest absolute Gasteiger partial charge is 0.185 e. The fourth-order valence-electron chi connectivity index (χ4n) is 2.63. The van der Waals surface area contributed by atoms with E-state index in [0.29, 0.717) is 27.1 Å². The number of ether oxygens (including phenoxy) is 1. The molecule has 0 saturated heterocycles. The summed E-state index contributed by atoms with van der Waals surface area (Å²) in [6, 6.07) is 18.1. The van der Waals surface area contributed by atoms with E-state index < -0.39 is 0 Å². The quantitative estimate of drug-likeness (QED) is 0.346. The van der Waals surface area contributed by atoms with Crippen molar-refractivity contribution in [1.29, 1.82) is 0 Å². The van der Waals surface area contributed by atoms with Gasteiger partial charge in [0.05, 0.1) is 12.9 Å². The summed E-state index contributed by atoms with van der Waals surface area (Å²) >= 11 is 7.23. The molecule has 0 aliphatic carbocycles. The first-order chi connectivity index (χ1) is 13.6. The Morgan fingerprint density at radius 1 is 1.04 bits per heavy atom. The molecule has 0 radical (unpaired) electrons. The monoisotopic (exact) mass is 410 g/mol. The Hall–Kier alpha value is -2.90. The summed E-state index contributed by atoms with van der Waals surface area (Å²) in [5, 5.41) is 14.3. The van der Waals surface area contributed by atoms with Crippen LogP contribution in [0.4, 0.5) is 0 Å². The van der Waals surface area contributed by atoms with E-state index in [1.165, 1.54) is 11.8 Å². The van der Waals surface area contributed by atoms with E-state index >= 15 is 0 Å². The fraction of sp³-hybridized carbons (Fsp3) is 0.100. The van der Waals surface area contributed by atoms with Crippen LogP contribution >= 0.6 is 23.4 Å². The highest BCUT2D eigenvalue weighted by atomic mass is 35.5. The van der Waals surface area contributed by atoms with Crippen LogP contribution < -0.4 is 4.74 Å². The number of fused-ring (bicyclic) bond motifs is 1. The molecule has 140 valence electrons. The lowest BCUT2D eigenvalue weighted by Crippen LogP contribution is -2.03. The molecule has 28 heavy (non-hydrogen) atoms. The molecule has 2 aromatic carbocycles. The second kappa shape index (κ2) is 8.00. The SMILES string of the molecule is COc1ccc(-c2nnc3ccc(SCC(=O)c4ccc(Cl)cc4)nn23)cc1. The van der Waals surface area contributed by atoms with Gasteiger partial charge in [0.1, 0.15) is 10.8 Å². The Bertz CT molecular complexity index is 1130. The number of benzene rings is 2. The largest absolute Gasteiger partial charge is 0.497 e. The molecule has 4 aromatic rings. The first-order valence-corrected chi connectivity index (χ1v) is 9.79. The summed E-state index contributed by atoms with van der Waals surface area (Å²) in [6.45, 7) is 0. The summed E-state index contributed by atoms with van der Waals surface area (Å²) in [6.07, 6.45) is 0. The maximum absolute atomic E-state index is 12.4. The van der Waals surface area contributed by atoms with Gasteiger partial charge >= 0.3 is 0 Å². The number of rotatable bonds is 6. The normalized spacial score (nSPS) is 10.9. The Morgan fingerprint density at radius 3 is 2.50 bits per heavy atom. The molecule has 6 nitrogen and oxygen atoms in total. The Balaban J connectivity index is 1.55. The van der Waals surface area contributed by atoms with Gasteiger partial charge in [0.25, 0.3) is 0 Å². The number of hydrogen-bond donors (Lipinski definition) is 0. The molecular formula is C20H15ClN4O2S. The molecule has 0 unspecified atom stereocenters. The molecule has 2 heterocycles. The molecule has 2 aromatic heterocycles. The lowest BCUT2D eigenvalue weighted by Gasteiger charge is -2.04. The van der Waals surface area contributed by atoms with Crippen molar-refractivity contribution in [2.45, 2.75) is 5.03 Å². The first-order valence-electron chi connectivity index (χ1n) is 8.42. The van der Waals surface area contributed by atoms with Crippen molar-refractivity contribution in [2.75, 3.05) is 12.9 Å². The van der Waals surface area contributed by atoms with Crippen molar-refractivity contribution in [3.63, 3.8) is 0 Å². The fourth-order valence-corrected chi connectivity index (χ4v) is 3.50. The van der Waals surface area contributed by atoms with Crippen LogP contribution in [0.5, 0.6) is 5.75 Å². The minimum Gasteiger partial charge on any atom is -0.497 e. The summed E-state index contributed by atoms with van der Waals surface area (Å²) in [5.41, 5.74) is 2.14. The molecule has 0 bridgehead atoms. The molecule has 0 N–H and O–H groups in total. The van der Waals surface area contributed by atoms with Gasteiger partial charge in [0.2, 0.25) is 0 Å². The molecule has 8 heteroatoms. The predicted molar refractivity (Wildman–Crippen MR) is 109 cm³/mol. The number of halogens is 1. The molecule has 0 aliphatic rings. The van der Waals surface area contributed by atoms with Crippen molar-refractivity contribution in [2.24, 2.45) is 0 Å². The van der Waals surface area contributed by atoms with E-state index in [1.807, 2.05) is 36.4 Å². The number of carbonyl (C=O) groups excluding carboxylic acids is 1. The zero-order valence-corrected chi connectivity index (χ0v) is 16.4. The Labute approximate surface area is 170 Å². The lowest BCUT2D eigenvalue weighted by molar-refractivity contribution is 0.102. The van der Waals surface area contributed by atoms with Crippen LogP contribution in [0.1, 0.15) is 10.4 Å². The highest BCUT2D eigenvalue weighted by Crippen LogP contribution is 2.23. The number of hydrogen-bond acceptors (Lipinski definition) is 6. The van der Waals surface area contributed by atoms with Crippen molar-refractivity contribution < 1.29 is 9.53 Å².